The summed E-state index contributed by atoms with van der Waals surface area (Å²) < 4.78 is 7.67. The molecule has 194 valence electrons. The SMILES string of the molecule is Cc1c2c(n(-c3ccc(C(N)=O)c(N[C@H]4CC[C@H](OC(=O)CCN)CC4)c3)c1C)CC(C)(C)CC2=O. The maximum absolute atomic E-state index is 13.0. The fourth-order valence-electron chi connectivity index (χ4n) is 5.72. The highest BCUT2D eigenvalue weighted by Gasteiger charge is 2.36. The number of ether oxygens (including phenoxy) is 1. The number of hydrogen-bond acceptors (Lipinski definition) is 6. The van der Waals surface area contributed by atoms with Crippen molar-refractivity contribution >= 4 is 23.3 Å². The summed E-state index contributed by atoms with van der Waals surface area (Å²) in [4.78, 5) is 37.0. The molecule has 0 bridgehead atoms. The van der Waals surface area contributed by atoms with Gasteiger partial charge in [0.2, 0.25) is 0 Å². The van der Waals surface area contributed by atoms with Crippen molar-refractivity contribution < 1.29 is 19.1 Å². The molecule has 0 unspecified atom stereocenters. The van der Waals surface area contributed by atoms with Crippen molar-refractivity contribution in [1.82, 2.24) is 4.57 Å². The van der Waals surface area contributed by atoms with Crippen molar-refractivity contribution in [2.45, 2.75) is 84.8 Å². The number of anilines is 1. The van der Waals surface area contributed by atoms with Crippen molar-refractivity contribution in [3.63, 3.8) is 0 Å². The Hall–Kier alpha value is -3.13. The van der Waals surface area contributed by atoms with Crippen LogP contribution < -0.4 is 16.8 Å². The Kier molecular flexibility index (Phi) is 7.27. The molecule has 0 spiro atoms. The Morgan fingerprint density at radius 3 is 2.47 bits per heavy atom. The molecular formula is C28H38N4O4. The van der Waals surface area contributed by atoms with Crippen LogP contribution in [0.1, 0.15) is 90.0 Å². The van der Waals surface area contributed by atoms with Gasteiger partial charge in [-0.1, -0.05) is 13.8 Å². The second-order valence-electron chi connectivity index (χ2n) is 11.0. The minimum atomic E-state index is -0.493. The molecule has 8 nitrogen and oxygen atoms in total. The molecule has 1 aromatic heterocycles. The number of fused-ring (bicyclic) bond motifs is 1. The molecule has 0 saturated heterocycles. The zero-order valence-corrected chi connectivity index (χ0v) is 21.8. The van der Waals surface area contributed by atoms with Crippen LogP contribution in [0.5, 0.6) is 0 Å². The second kappa shape index (κ2) is 10.1. The van der Waals surface area contributed by atoms with Gasteiger partial charge in [-0.05, 0) is 75.1 Å². The lowest BCUT2D eigenvalue weighted by atomic mass is 9.75. The van der Waals surface area contributed by atoms with Gasteiger partial charge in [-0.3, -0.25) is 14.4 Å². The zero-order chi connectivity index (χ0) is 26.2. The van der Waals surface area contributed by atoms with Crippen LogP contribution in [0.2, 0.25) is 0 Å². The van der Waals surface area contributed by atoms with E-state index in [9.17, 15) is 14.4 Å². The highest BCUT2D eigenvalue weighted by atomic mass is 16.5. The molecule has 8 heteroatoms. The van der Waals surface area contributed by atoms with Crippen LogP contribution in [0.3, 0.4) is 0 Å². The highest BCUT2D eigenvalue weighted by molar-refractivity contribution is 6.01. The molecule has 1 fully saturated rings. The summed E-state index contributed by atoms with van der Waals surface area (Å²) in [5.74, 6) is -0.552. The summed E-state index contributed by atoms with van der Waals surface area (Å²) in [5.41, 5.74) is 17.0. The molecule has 5 N–H and O–H groups in total. The van der Waals surface area contributed by atoms with Crippen molar-refractivity contribution in [2.24, 2.45) is 16.9 Å². The zero-order valence-electron chi connectivity index (χ0n) is 21.8. The first kappa shape index (κ1) is 25.9. The number of hydrogen-bond donors (Lipinski definition) is 3. The van der Waals surface area contributed by atoms with Crippen molar-refractivity contribution in [3.05, 3.63) is 46.3 Å². The number of primary amides is 1. The van der Waals surface area contributed by atoms with E-state index in [4.69, 9.17) is 16.2 Å². The van der Waals surface area contributed by atoms with Crippen LogP contribution in [0.25, 0.3) is 5.69 Å². The van der Waals surface area contributed by atoms with E-state index in [2.05, 4.69) is 23.7 Å². The summed E-state index contributed by atoms with van der Waals surface area (Å²) in [6.45, 7) is 8.59. The summed E-state index contributed by atoms with van der Waals surface area (Å²) in [6.07, 6.45) is 4.60. The minimum Gasteiger partial charge on any atom is -0.462 e. The van der Waals surface area contributed by atoms with Gasteiger partial charge in [-0.25, -0.2) is 0 Å². The first-order chi connectivity index (χ1) is 17.0. The summed E-state index contributed by atoms with van der Waals surface area (Å²) >= 11 is 0. The summed E-state index contributed by atoms with van der Waals surface area (Å²) in [5, 5.41) is 3.53. The van der Waals surface area contributed by atoms with E-state index in [0.717, 1.165) is 60.3 Å². The van der Waals surface area contributed by atoms with Gasteiger partial charge in [-0.2, -0.15) is 0 Å². The molecule has 1 saturated carbocycles. The van der Waals surface area contributed by atoms with E-state index in [-0.39, 0.29) is 42.3 Å². The van der Waals surface area contributed by atoms with E-state index in [1.165, 1.54) is 0 Å². The molecule has 1 heterocycles. The van der Waals surface area contributed by atoms with Crippen LogP contribution in [0, 0.1) is 19.3 Å². The van der Waals surface area contributed by atoms with Crippen LogP contribution >= 0.6 is 0 Å². The Bertz CT molecular complexity index is 1190. The topological polar surface area (TPSA) is 129 Å². The van der Waals surface area contributed by atoms with Gasteiger partial charge in [0.1, 0.15) is 6.10 Å². The van der Waals surface area contributed by atoms with Gasteiger partial charge >= 0.3 is 5.97 Å². The number of amides is 1. The smallest absolute Gasteiger partial charge is 0.307 e. The van der Waals surface area contributed by atoms with Crippen LogP contribution in [0.4, 0.5) is 5.69 Å². The molecule has 0 atom stereocenters. The van der Waals surface area contributed by atoms with Gasteiger partial charge in [-0.15, -0.1) is 0 Å². The Morgan fingerprint density at radius 2 is 1.83 bits per heavy atom. The molecule has 2 aliphatic rings. The van der Waals surface area contributed by atoms with E-state index in [1.54, 1.807) is 6.07 Å². The number of nitrogens with one attached hydrogen (secondary N) is 1. The minimum absolute atomic E-state index is 0.0954. The molecule has 2 aromatic rings. The quantitative estimate of drug-likeness (QED) is 0.500. The molecule has 0 aliphatic heterocycles. The first-order valence-electron chi connectivity index (χ1n) is 12.8. The number of nitrogens with two attached hydrogens (primary N) is 2. The number of esters is 1. The average Bonchev–Trinajstić information content (AvgIpc) is 3.03. The fourth-order valence-corrected chi connectivity index (χ4v) is 5.72. The third kappa shape index (κ3) is 5.19. The van der Waals surface area contributed by atoms with E-state index >= 15 is 0 Å². The van der Waals surface area contributed by atoms with E-state index in [0.29, 0.717) is 17.7 Å². The number of aromatic nitrogens is 1. The van der Waals surface area contributed by atoms with Gasteiger partial charge in [0.25, 0.3) is 5.91 Å². The number of nitrogens with zero attached hydrogens (tertiary/aromatic N) is 1. The Morgan fingerprint density at radius 1 is 1.14 bits per heavy atom. The predicted octanol–water partition coefficient (Wildman–Crippen LogP) is 3.96. The predicted molar refractivity (Wildman–Crippen MR) is 140 cm³/mol. The number of benzene rings is 1. The fraction of sp³-hybridized carbons (Fsp3) is 0.536. The molecule has 4 rings (SSSR count). The lowest BCUT2D eigenvalue weighted by molar-refractivity contribution is -0.150. The molecule has 1 aromatic carbocycles. The molecule has 1 amide bonds. The third-order valence-corrected chi connectivity index (χ3v) is 7.58. The Labute approximate surface area is 212 Å². The molecule has 36 heavy (non-hydrogen) atoms. The Balaban J connectivity index is 1.61. The molecular weight excluding hydrogens is 456 g/mol. The van der Waals surface area contributed by atoms with Crippen LogP contribution in [0.15, 0.2) is 18.2 Å². The second-order valence-corrected chi connectivity index (χ2v) is 11.0. The maximum Gasteiger partial charge on any atom is 0.307 e. The van der Waals surface area contributed by atoms with Gasteiger partial charge in [0, 0.05) is 47.3 Å². The summed E-state index contributed by atoms with van der Waals surface area (Å²) in [7, 11) is 0. The molecule has 2 aliphatic carbocycles. The van der Waals surface area contributed by atoms with Crippen molar-refractivity contribution in [1.29, 1.82) is 0 Å². The lowest BCUT2D eigenvalue weighted by Gasteiger charge is -2.31. The van der Waals surface area contributed by atoms with Gasteiger partial charge < -0.3 is 26.1 Å². The van der Waals surface area contributed by atoms with E-state index < -0.39 is 5.91 Å². The first-order valence-corrected chi connectivity index (χ1v) is 12.8. The highest BCUT2D eigenvalue weighted by Crippen LogP contribution is 2.40. The number of Topliss-reactive ketones (excluding diaryl/α,β-unsaturated/α-hetero) is 1. The van der Waals surface area contributed by atoms with Crippen molar-refractivity contribution in [3.8, 4) is 5.69 Å². The standard InChI is InChI=1S/C28H38N4O4/c1-16-17(2)32(23-14-28(3,4)15-24(33)26(16)23)19-7-10-21(27(30)35)22(13-19)31-18-5-8-20(9-6-18)36-25(34)11-12-29/h7,10,13,18,20,31H,5-6,8-9,11-12,14-15,29H2,1-4H3,(H2,30,35)/t18-,20-. The van der Waals surface area contributed by atoms with Crippen LogP contribution in [-0.4, -0.2) is 40.9 Å². The molecule has 0 radical (unpaired) electrons. The normalized spacial score (nSPS) is 21.1. The number of carbonyl (C=O) groups is 3. The number of ketones is 1. The number of rotatable bonds is 7. The largest absolute Gasteiger partial charge is 0.462 e. The summed E-state index contributed by atoms with van der Waals surface area (Å²) in [6, 6.07) is 5.76. The van der Waals surface area contributed by atoms with Crippen molar-refractivity contribution in [2.75, 3.05) is 11.9 Å². The maximum atomic E-state index is 13.0. The van der Waals surface area contributed by atoms with E-state index in [1.807, 2.05) is 26.0 Å². The third-order valence-electron chi connectivity index (χ3n) is 7.58. The van der Waals surface area contributed by atoms with Gasteiger partial charge in [0.15, 0.2) is 5.78 Å². The monoisotopic (exact) mass is 494 g/mol. The average molecular weight is 495 g/mol. The van der Waals surface area contributed by atoms with Crippen LogP contribution in [-0.2, 0) is 16.0 Å². The lowest BCUT2D eigenvalue weighted by Crippen LogP contribution is -2.32. The van der Waals surface area contributed by atoms with Gasteiger partial charge in [0.05, 0.1) is 12.0 Å². The number of carbonyl (C=O) groups excluding carboxylic acids is 3.